The molecule has 1 amide bonds. The van der Waals surface area contributed by atoms with E-state index < -0.39 is 17.0 Å². The van der Waals surface area contributed by atoms with Crippen LogP contribution in [0, 0.1) is 17.1 Å². The normalized spacial score (nSPS) is 22.5. The maximum atomic E-state index is 14.7. The summed E-state index contributed by atoms with van der Waals surface area (Å²) in [5.74, 6) is -0.401. The summed E-state index contributed by atoms with van der Waals surface area (Å²) in [6.07, 6.45) is 3.15. The van der Waals surface area contributed by atoms with Gasteiger partial charge in [-0.1, -0.05) is 26.3 Å². The molecular formula is C27H31FN6O3. The lowest BCUT2D eigenvalue weighted by Gasteiger charge is -2.44. The zero-order valence-corrected chi connectivity index (χ0v) is 21.4. The van der Waals surface area contributed by atoms with Crippen LogP contribution in [0.3, 0.4) is 0 Å². The second kappa shape index (κ2) is 9.92. The molecule has 0 radical (unpaired) electrons. The second-order valence-corrected chi connectivity index (χ2v) is 10.2. The van der Waals surface area contributed by atoms with Gasteiger partial charge in [0, 0.05) is 31.8 Å². The SMILES string of the molecule is CCC.C[C@]1(O)CN(c2ccn(-c3cc(-c4c(F)cccc4C#N)nc4c3C(=O)NC4)n2)C[C@@](C)(O)C1. The second-order valence-electron chi connectivity index (χ2n) is 10.2. The number of piperidine rings is 1. The fraction of sp³-hybridized carbons (Fsp3) is 0.407. The third-order valence-electron chi connectivity index (χ3n) is 6.08. The monoisotopic (exact) mass is 506 g/mol. The molecule has 2 aliphatic heterocycles. The molecule has 10 heteroatoms. The smallest absolute Gasteiger partial charge is 0.255 e. The molecule has 0 unspecified atom stereocenters. The summed E-state index contributed by atoms with van der Waals surface area (Å²) >= 11 is 0. The summed E-state index contributed by atoms with van der Waals surface area (Å²) < 4.78 is 16.2. The Kier molecular flexibility index (Phi) is 7.04. The zero-order valence-electron chi connectivity index (χ0n) is 21.4. The van der Waals surface area contributed by atoms with Crippen molar-refractivity contribution in [2.75, 3.05) is 18.0 Å². The average Bonchev–Trinajstić information content (AvgIpc) is 3.44. The molecule has 2 aliphatic rings. The first-order valence-corrected chi connectivity index (χ1v) is 12.3. The Balaban J connectivity index is 0.00000102. The molecule has 5 rings (SSSR count). The average molecular weight is 507 g/mol. The van der Waals surface area contributed by atoms with Crippen LogP contribution in [-0.2, 0) is 6.54 Å². The van der Waals surface area contributed by atoms with Crippen molar-refractivity contribution in [2.45, 2.75) is 58.3 Å². The first-order valence-electron chi connectivity index (χ1n) is 12.3. The van der Waals surface area contributed by atoms with Gasteiger partial charge < -0.3 is 20.4 Å². The lowest BCUT2D eigenvalue weighted by Crippen LogP contribution is -2.57. The number of rotatable bonds is 3. The predicted molar refractivity (Wildman–Crippen MR) is 137 cm³/mol. The molecule has 9 nitrogen and oxygen atoms in total. The van der Waals surface area contributed by atoms with E-state index in [1.165, 1.54) is 29.3 Å². The number of carbonyl (C=O) groups excluding carboxylic acids is 1. The molecule has 4 heterocycles. The number of anilines is 1. The third-order valence-corrected chi connectivity index (χ3v) is 6.08. The van der Waals surface area contributed by atoms with Gasteiger partial charge in [0.05, 0.1) is 57.6 Å². The lowest BCUT2D eigenvalue weighted by atomic mass is 9.84. The van der Waals surface area contributed by atoms with Crippen LogP contribution < -0.4 is 10.2 Å². The number of nitrogens with zero attached hydrogens (tertiary/aromatic N) is 5. The van der Waals surface area contributed by atoms with E-state index in [0.717, 1.165) is 0 Å². The Hall–Kier alpha value is -3.81. The number of hydrogen-bond donors (Lipinski definition) is 3. The summed E-state index contributed by atoms with van der Waals surface area (Å²) in [4.78, 5) is 18.8. The Labute approximate surface area is 215 Å². The number of pyridine rings is 1. The molecule has 37 heavy (non-hydrogen) atoms. The standard InChI is InChI=1S/C24H23FN6O3.C3H8/c1-23(33)11-24(2,34)13-30(12-23)19-6-7-31(29-19)18-8-16(28-17-10-27-22(32)21(17)18)20-14(9-26)4-3-5-15(20)25;1-3-2/h3-8,33-34H,10-13H2,1-2H3,(H,27,32);3H2,1-2H3/t23-,24+;. The summed E-state index contributed by atoms with van der Waals surface area (Å²) in [6.45, 7) is 8.32. The number of carbonyl (C=O) groups is 1. The Morgan fingerprint density at radius 3 is 2.49 bits per heavy atom. The predicted octanol–water partition coefficient (Wildman–Crippen LogP) is 3.32. The van der Waals surface area contributed by atoms with Crippen LogP contribution in [0.5, 0.6) is 0 Å². The number of β-amino-alcohol motifs (C(OH)–C–C–N with tert-alkyl or cyclic N) is 2. The number of benzene rings is 1. The fourth-order valence-corrected chi connectivity index (χ4v) is 4.99. The molecule has 3 N–H and O–H groups in total. The molecule has 0 saturated carbocycles. The summed E-state index contributed by atoms with van der Waals surface area (Å²) in [6, 6.07) is 9.49. The number of aliphatic hydroxyl groups is 2. The van der Waals surface area contributed by atoms with Crippen molar-refractivity contribution in [3.63, 3.8) is 0 Å². The summed E-state index contributed by atoms with van der Waals surface area (Å²) in [5, 5.41) is 38.0. The van der Waals surface area contributed by atoms with E-state index in [2.05, 4.69) is 29.2 Å². The van der Waals surface area contributed by atoms with Gasteiger partial charge in [-0.15, -0.1) is 0 Å². The summed E-state index contributed by atoms with van der Waals surface area (Å²) in [7, 11) is 0. The number of fused-ring (bicyclic) bond motifs is 1. The van der Waals surface area contributed by atoms with E-state index in [1.807, 2.05) is 6.07 Å². The largest absolute Gasteiger partial charge is 0.388 e. The molecule has 0 bridgehead atoms. The van der Waals surface area contributed by atoms with Gasteiger partial charge >= 0.3 is 0 Å². The number of halogens is 1. The molecule has 0 aliphatic carbocycles. The van der Waals surface area contributed by atoms with Gasteiger partial charge in [-0.25, -0.2) is 14.1 Å². The van der Waals surface area contributed by atoms with Crippen LogP contribution in [0.2, 0.25) is 0 Å². The maximum Gasteiger partial charge on any atom is 0.255 e. The van der Waals surface area contributed by atoms with Crippen molar-refractivity contribution >= 4 is 11.7 Å². The molecule has 2 atom stereocenters. The van der Waals surface area contributed by atoms with Crippen LogP contribution in [0.25, 0.3) is 16.9 Å². The molecule has 2 aromatic heterocycles. The van der Waals surface area contributed by atoms with Gasteiger partial charge in [-0.05, 0) is 32.0 Å². The summed E-state index contributed by atoms with van der Waals surface area (Å²) in [5.41, 5.74) is -0.635. The van der Waals surface area contributed by atoms with Crippen molar-refractivity contribution < 1.29 is 19.4 Å². The quantitative estimate of drug-likeness (QED) is 0.497. The number of nitriles is 1. The molecular weight excluding hydrogens is 475 g/mol. The highest BCUT2D eigenvalue weighted by Crippen LogP contribution is 2.33. The van der Waals surface area contributed by atoms with Gasteiger partial charge in [0.2, 0.25) is 0 Å². The molecule has 1 saturated heterocycles. The van der Waals surface area contributed by atoms with Crippen LogP contribution in [0.15, 0.2) is 36.5 Å². The van der Waals surface area contributed by atoms with E-state index >= 15 is 0 Å². The van der Waals surface area contributed by atoms with E-state index in [9.17, 15) is 24.7 Å². The minimum absolute atomic E-state index is 0.0592. The highest BCUT2D eigenvalue weighted by Gasteiger charge is 2.41. The van der Waals surface area contributed by atoms with E-state index in [1.54, 1.807) is 37.1 Å². The van der Waals surface area contributed by atoms with Crippen LogP contribution in [0.1, 0.15) is 62.2 Å². The Morgan fingerprint density at radius 1 is 1.16 bits per heavy atom. The first kappa shape index (κ1) is 26.3. The van der Waals surface area contributed by atoms with Gasteiger partial charge in [0.1, 0.15) is 5.82 Å². The molecule has 1 aromatic carbocycles. The highest BCUT2D eigenvalue weighted by atomic mass is 19.1. The third kappa shape index (κ3) is 5.33. The Morgan fingerprint density at radius 2 is 1.84 bits per heavy atom. The number of nitrogens with one attached hydrogen (secondary N) is 1. The number of aromatic nitrogens is 3. The van der Waals surface area contributed by atoms with E-state index in [4.69, 9.17) is 0 Å². The minimum atomic E-state index is -1.10. The highest BCUT2D eigenvalue weighted by molar-refractivity contribution is 6.01. The zero-order chi connectivity index (χ0) is 27.0. The molecule has 1 fully saturated rings. The van der Waals surface area contributed by atoms with Crippen LogP contribution >= 0.6 is 0 Å². The van der Waals surface area contributed by atoms with E-state index in [0.29, 0.717) is 22.8 Å². The first-order chi connectivity index (χ1) is 17.5. The topological polar surface area (TPSA) is 127 Å². The van der Waals surface area contributed by atoms with Gasteiger partial charge in [-0.3, -0.25) is 4.79 Å². The van der Waals surface area contributed by atoms with Gasteiger partial charge in [0.15, 0.2) is 5.82 Å². The van der Waals surface area contributed by atoms with Crippen molar-refractivity contribution in [1.29, 1.82) is 5.26 Å². The maximum absolute atomic E-state index is 14.7. The molecule has 194 valence electrons. The number of amides is 1. The van der Waals surface area contributed by atoms with Crippen LogP contribution in [0.4, 0.5) is 10.2 Å². The van der Waals surface area contributed by atoms with E-state index in [-0.39, 0.29) is 48.8 Å². The minimum Gasteiger partial charge on any atom is -0.388 e. The molecule has 3 aromatic rings. The van der Waals surface area contributed by atoms with Gasteiger partial charge in [-0.2, -0.15) is 10.4 Å². The molecule has 0 spiro atoms. The van der Waals surface area contributed by atoms with Crippen molar-refractivity contribution in [3.8, 4) is 23.0 Å². The van der Waals surface area contributed by atoms with Crippen molar-refractivity contribution in [3.05, 3.63) is 59.2 Å². The van der Waals surface area contributed by atoms with Crippen LogP contribution in [-0.4, -0.2) is 55.2 Å². The number of hydrogen-bond acceptors (Lipinski definition) is 7. The fourth-order valence-electron chi connectivity index (χ4n) is 4.99. The lowest BCUT2D eigenvalue weighted by molar-refractivity contribution is -0.0581. The van der Waals surface area contributed by atoms with Crippen molar-refractivity contribution in [2.24, 2.45) is 0 Å². The Bertz CT molecular complexity index is 1360. The van der Waals surface area contributed by atoms with Gasteiger partial charge in [0.25, 0.3) is 5.91 Å². The van der Waals surface area contributed by atoms with Crippen molar-refractivity contribution in [1.82, 2.24) is 20.1 Å².